The number of halogens is 5. The number of sulfonamides is 1. The van der Waals surface area contributed by atoms with Gasteiger partial charge >= 0.3 is 6.18 Å². The van der Waals surface area contributed by atoms with Crippen LogP contribution in [0.3, 0.4) is 0 Å². The first-order chi connectivity index (χ1) is 14.4. The van der Waals surface area contributed by atoms with Crippen molar-refractivity contribution in [3.63, 3.8) is 0 Å². The Morgan fingerprint density at radius 2 is 1.94 bits per heavy atom. The van der Waals surface area contributed by atoms with Crippen molar-refractivity contribution in [3.05, 3.63) is 30.1 Å². The van der Waals surface area contributed by atoms with E-state index in [1.54, 1.807) is 0 Å². The predicted molar refractivity (Wildman–Crippen MR) is 104 cm³/mol. The molecule has 0 aromatic heterocycles. The number of alkyl halides is 4. The van der Waals surface area contributed by atoms with E-state index in [4.69, 9.17) is 0 Å². The molecule has 1 aliphatic heterocycles. The average Bonchev–Trinajstić information content (AvgIpc) is 3.07. The molecule has 1 unspecified atom stereocenters. The van der Waals surface area contributed by atoms with E-state index < -0.39 is 65.0 Å². The lowest BCUT2D eigenvalue weighted by Gasteiger charge is -2.24. The Morgan fingerprint density at radius 3 is 2.48 bits per heavy atom. The van der Waals surface area contributed by atoms with Crippen LogP contribution in [0.25, 0.3) is 0 Å². The first-order valence-electron chi connectivity index (χ1n) is 9.23. The summed E-state index contributed by atoms with van der Waals surface area (Å²) >= 11 is 0. The third-order valence-electron chi connectivity index (χ3n) is 4.32. The molecule has 1 heterocycles. The Morgan fingerprint density at radius 1 is 1.32 bits per heavy atom. The lowest BCUT2D eigenvalue weighted by molar-refractivity contribution is -0.124. The van der Waals surface area contributed by atoms with Crippen molar-refractivity contribution in [2.75, 3.05) is 13.1 Å². The summed E-state index contributed by atoms with van der Waals surface area (Å²) in [5, 5.41) is 2.26. The van der Waals surface area contributed by atoms with Crippen molar-refractivity contribution in [2.24, 2.45) is 9.98 Å². The van der Waals surface area contributed by atoms with E-state index in [1.807, 2.05) is 0 Å². The van der Waals surface area contributed by atoms with E-state index in [0.717, 1.165) is 24.3 Å². The number of benzene rings is 1. The van der Waals surface area contributed by atoms with Gasteiger partial charge in [0.05, 0.1) is 11.1 Å². The minimum absolute atomic E-state index is 0.127. The van der Waals surface area contributed by atoms with Crippen molar-refractivity contribution < 1.29 is 35.2 Å². The quantitative estimate of drug-likeness (QED) is 0.493. The molecule has 13 heteroatoms. The molecule has 1 N–H and O–H groups in total. The molecule has 2 rings (SSSR count). The fourth-order valence-electron chi connectivity index (χ4n) is 2.90. The Hall–Kier alpha value is -2.41. The van der Waals surface area contributed by atoms with Crippen LogP contribution in [-0.4, -0.2) is 68.2 Å². The van der Waals surface area contributed by atoms with Gasteiger partial charge in [0.15, 0.2) is 5.71 Å². The lowest BCUT2D eigenvalue weighted by atomic mass is 10.2. The van der Waals surface area contributed by atoms with Crippen molar-refractivity contribution in [1.82, 2.24) is 9.62 Å². The van der Waals surface area contributed by atoms with E-state index in [0.29, 0.717) is 10.5 Å². The first kappa shape index (κ1) is 24.9. The molecule has 3 atom stereocenters. The van der Waals surface area contributed by atoms with Gasteiger partial charge in [-0.15, -0.1) is 0 Å². The summed E-state index contributed by atoms with van der Waals surface area (Å²) in [7, 11) is -4.31. The fourth-order valence-corrected chi connectivity index (χ4v) is 4.52. The first-order valence-corrected chi connectivity index (χ1v) is 10.7. The van der Waals surface area contributed by atoms with Crippen molar-refractivity contribution in [2.45, 2.75) is 49.7 Å². The Balaban J connectivity index is 2.16. The number of hydrogen-bond donors (Lipinski definition) is 1. The summed E-state index contributed by atoms with van der Waals surface area (Å²) in [6.45, 7) is 1.97. The lowest BCUT2D eigenvalue weighted by Crippen LogP contribution is -2.48. The Labute approximate surface area is 176 Å². The van der Waals surface area contributed by atoms with Gasteiger partial charge in [-0.2, -0.15) is 17.5 Å². The minimum Gasteiger partial charge on any atom is -0.333 e. The largest absolute Gasteiger partial charge is 0.434 e. The molecule has 1 amide bonds. The standard InChI is InChI=1S/C18H21F5N4O3S/c1-3-24-16(18(21,22)23)9-25-11(2)26-17(28)15-8-13(20)10-27(15)31(29,30)14-6-4-12(19)5-7-14/h4-7,9,11,13,15H,3,8,10H2,1-2H3,(H,26,28)/t11?,13-,15+/m1/s1. The second-order valence-corrected chi connectivity index (χ2v) is 8.59. The van der Waals surface area contributed by atoms with E-state index in [1.165, 1.54) is 13.8 Å². The van der Waals surface area contributed by atoms with Crippen molar-refractivity contribution >= 4 is 27.9 Å². The molecule has 0 radical (unpaired) electrons. The van der Waals surface area contributed by atoms with Gasteiger partial charge < -0.3 is 5.32 Å². The van der Waals surface area contributed by atoms with Crippen LogP contribution in [0, 0.1) is 5.82 Å². The van der Waals surface area contributed by atoms with Crippen LogP contribution in [0.2, 0.25) is 0 Å². The maximum atomic E-state index is 14.0. The molecule has 1 aromatic rings. The number of carbonyl (C=O) groups excluding carboxylic acids is 1. The molecule has 1 aliphatic rings. The number of hydrogen-bond acceptors (Lipinski definition) is 5. The summed E-state index contributed by atoms with van der Waals surface area (Å²) in [6.07, 6.45) is -7.48. The highest BCUT2D eigenvalue weighted by atomic mass is 32.2. The molecule has 7 nitrogen and oxygen atoms in total. The van der Waals surface area contributed by atoms with Crippen LogP contribution in [-0.2, 0) is 14.8 Å². The van der Waals surface area contributed by atoms with Crippen LogP contribution in [0.1, 0.15) is 20.3 Å². The molecular weight excluding hydrogens is 447 g/mol. The summed E-state index contributed by atoms with van der Waals surface area (Å²) in [4.78, 5) is 19.1. The smallest absolute Gasteiger partial charge is 0.333 e. The van der Waals surface area contributed by atoms with Gasteiger partial charge in [0.2, 0.25) is 15.9 Å². The molecule has 1 saturated heterocycles. The molecular formula is C18H21F5N4O3S. The monoisotopic (exact) mass is 468 g/mol. The third kappa shape index (κ3) is 6.29. The van der Waals surface area contributed by atoms with E-state index in [9.17, 15) is 35.2 Å². The highest BCUT2D eigenvalue weighted by Crippen LogP contribution is 2.28. The number of aliphatic imine (C=N–C) groups is 2. The molecule has 0 bridgehead atoms. The molecule has 31 heavy (non-hydrogen) atoms. The van der Waals surface area contributed by atoms with Gasteiger partial charge in [-0.05, 0) is 38.1 Å². The Bertz CT molecular complexity index is 948. The fraction of sp³-hybridized carbons (Fsp3) is 0.500. The molecule has 1 aromatic carbocycles. The van der Waals surface area contributed by atoms with Crippen LogP contribution in [0.4, 0.5) is 22.0 Å². The summed E-state index contributed by atoms with van der Waals surface area (Å²) in [6, 6.07) is 2.37. The zero-order valence-corrected chi connectivity index (χ0v) is 17.4. The van der Waals surface area contributed by atoms with E-state index in [-0.39, 0.29) is 11.4 Å². The maximum absolute atomic E-state index is 14.0. The third-order valence-corrected chi connectivity index (χ3v) is 6.21. The van der Waals surface area contributed by atoms with E-state index >= 15 is 0 Å². The topological polar surface area (TPSA) is 91.2 Å². The van der Waals surface area contributed by atoms with Crippen LogP contribution >= 0.6 is 0 Å². The van der Waals surface area contributed by atoms with Gasteiger partial charge in [0.25, 0.3) is 0 Å². The van der Waals surface area contributed by atoms with Crippen LogP contribution < -0.4 is 5.32 Å². The van der Waals surface area contributed by atoms with Gasteiger partial charge in [-0.25, -0.2) is 17.2 Å². The van der Waals surface area contributed by atoms with E-state index in [2.05, 4.69) is 15.3 Å². The Kier molecular flexibility index (Phi) is 7.87. The second-order valence-electron chi connectivity index (χ2n) is 6.70. The SMILES string of the molecule is CCN=C(C=NC(C)NC(=O)[C@@H]1C[C@@H](F)CN1S(=O)(=O)c1ccc(F)cc1)C(F)(F)F. The van der Waals surface area contributed by atoms with Crippen molar-refractivity contribution in [1.29, 1.82) is 0 Å². The number of carbonyl (C=O) groups is 1. The molecule has 172 valence electrons. The summed E-state index contributed by atoms with van der Waals surface area (Å²) in [5.74, 6) is -1.59. The normalized spacial score (nSPS) is 22.1. The minimum atomic E-state index is -4.73. The summed E-state index contributed by atoms with van der Waals surface area (Å²) in [5.41, 5.74) is -1.23. The van der Waals surface area contributed by atoms with Gasteiger partial charge in [-0.3, -0.25) is 14.8 Å². The zero-order valence-electron chi connectivity index (χ0n) is 16.6. The van der Waals surface area contributed by atoms with Gasteiger partial charge in [0, 0.05) is 19.5 Å². The molecule has 0 aliphatic carbocycles. The number of nitrogens with zero attached hydrogens (tertiary/aromatic N) is 3. The van der Waals surface area contributed by atoms with Gasteiger partial charge in [-0.1, -0.05) is 0 Å². The zero-order chi connectivity index (χ0) is 23.4. The van der Waals surface area contributed by atoms with Gasteiger partial charge in [0.1, 0.15) is 24.2 Å². The van der Waals surface area contributed by atoms with Crippen LogP contribution in [0.5, 0.6) is 0 Å². The second kappa shape index (κ2) is 9.81. The predicted octanol–water partition coefficient (Wildman–Crippen LogP) is 2.48. The molecule has 0 spiro atoms. The average molecular weight is 468 g/mol. The maximum Gasteiger partial charge on any atom is 0.434 e. The summed E-state index contributed by atoms with van der Waals surface area (Å²) < 4.78 is 91.8. The van der Waals surface area contributed by atoms with Crippen molar-refractivity contribution in [3.8, 4) is 0 Å². The number of amides is 1. The highest BCUT2D eigenvalue weighted by molar-refractivity contribution is 7.89. The number of nitrogens with one attached hydrogen (secondary N) is 1. The molecule has 1 fully saturated rings. The number of rotatable bonds is 7. The highest BCUT2D eigenvalue weighted by Gasteiger charge is 2.44. The van der Waals surface area contributed by atoms with Crippen LogP contribution in [0.15, 0.2) is 39.1 Å². The molecule has 0 saturated carbocycles.